The van der Waals surface area contributed by atoms with Crippen LogP contribution in [0.2, 0.25) is 0 Å². The number of hydrogen-bond acceptors (Lipinski definition) is 3. The molecule has 0 radical (unpaired) electrons. The molecule has 2 heterocycles. The van der Waals surface area contributed by atoms with Crippen molar-refractivity contribution < 1.29 is 9.59 Å². The fourth-order valence-electron chi connectivity index (χ4n) is 4.08. The highest BCUT2D eigenvalue weighted by Gasteiger charge is 2.40. The van der Waals surface area contributed by atoms with Gasteiger partial charge in [-0.05, 0) is 23.3 Å². The smallest absolute Gasteiger partial charge is 0.320 e. The summed E-state index contributed by atoms with van der Waals surface area (Å²) in [4.78, 5) is 30.3. The Kier molecular flexibility index (Phi) is 5.30. The number of amides is 3. The molecule has 0 spiro atoms. The molecule has 0 saturated carbocycles. The van der Waals surface area contributed by atoms with Crippen LogP contribution in [0.1, 0.15) is 18.1 Å². The highest BCUT2D eigenvalue weighted by atomic mass is 16.2. The fourth-order valence-corrected chi connectivity index (χ4v) is 4.08. The highest BCUT2D eigenvalue weighted by molar-refractivity contribution is 5.88. The summed E-state index contributed by atoms with van der Waals surface area (Å²) < 4.78 is 0. The summed E-state index contributed by atoms with van der Waals surface area (Å²) in [7, 11) is 0. The maximum atomic E-state index is 12.7. The van der Waals surface area contributed by atoms with Gasteiger partial charge in [-0.2, -0.15) is 0 Å². The molecule has 3 amide bonds. The van der Waals surface area contributed by atoms with Crippen LogP contribution in [0.15, 0.2) is 54.6 Å². The SMILES string of the molecule is CC(=O)Nc1ccc(CN2CCN3C(=O)N(Cc4ccccc4)C[C@H]3C2)cc1. The second-order valence-corrected chi connectivity index (χ2v) is 7.61. The Bertz CT molecular complexity index is 837. The number of piperazine rings is 1. The summed E-state index contributed by atoms with van der Waals surface area (Å²) in [6.45, 7) is 6.38. The standard InChI is InChI=1S/C22H26N4O2/c1-17(27)23-20-9-7-19(8-10-20)13-24-11-12-26-21(15-24)16-25(22(26)28)14-18-5-3-2-4-6-18/h2-10,21H,11-16H2,1H3,(H,23,27)/t21-/m1/s1. The largest absolute Gasteiger partial charge is 0.326 e. The zero-order valence-corrected chi connectivity index (χ0v) is 16.2. The highest BCUT2D eigenvalue weighted by Crippen LogP contribution is 2.23. The monoisotopic (exact) mass is 378 g/mol. The zero-order valence-electron chi connectivity index (χ0n) is 16.2. The van der Waals surface area contributed by atoms with Gasteiger partial charge in [-0.15, -0.1) is 0 Å². The van der Waals surface area contributed by atoms with E-state index in [1.165, 1.54) is 18.1 Å². The number of urea groups is 1. The van der Waals surface area contributed by atoms with E-state index in [9.17, 15) is 9.59 Å². The number of fused-ring (bicyclic) bond motifs is 1. The lowest BCUT2D eigenvalue weighted by Gasteiger charge is -2.36. The van der Waals surface area contributed by atoms with Crippen LogP contribution in [0, 0.1) is 0 Å². The number of nitrogens with zero attached hydrogens (tertiary/aromatic N) is 3. The lowest BCUT2D eigenvalue weighted by Crippen LogP contribution is -2.51. The first-order chi connectivity index (χ1) is 13.6. The van der Waals surface area contributed by atoms with E-state index < -0.39 is 0 Å². The topological polar surface area (TPSA) is 55.9 Å². The Morgan fingerprint density at radius 1 is 0.964 bits per heavy atom. The summed E-state index contributed by atoms with van der Waals surface area (Å²) in [5.74, 6) is -0.0603. The van der Waals surface area contributed by atoms with Crippen LogP contribution in [0.5, 0.6) is 0 Å². The Morgan fingerprint density at radius 2 is 1.68 bits per heavy atom. The number of nitrogens with one attached hydrogen (secondary N) is 1. The lowest BCUT2D eigenvalue weighted by molar-refractivity contribution is -0.114. The minimum Gasteiger partial charge on any atom is -0.326 e. The van der Waals surface area contributed by atoms with Gasteiger partial charge in [-0.25, -0.2) is 4.79 Å². The van der Waals surface area contributed by atoms with Crippen molar-refractivity contribution in [3.63, 3.8) is 0 Å². The van der Waals surface area contributed by atoms with Crippen LogP contribution < -0.4 is 5.32 Å². The number of carbonyl (C=O) groups excluding carboxylic acids is 2. The summed E-state index contributed by atoms with van der Waals surface area (Å²) in [5.41, 5.74) is 3.21. The van der Waals surface area contributed by atoms with E-state index in [0.29, 0.717) is 6.54 Å². The minimum absolute atomic E-state index is 0.0603. The second kappa shape index (κ2) is 8.02. The molecule has 1 N–H and O–H groups in total. The minimum atomic E-state index is -0.0603. The molecule has 0 bridgehead atoms. The lowest BCUT2D eigenvalue weighted by atomic mass is 10.1. The van der Waals surface area contributed by atoms with Gasteiger partial charge in [0.2, 0.25) is 5.91 Å². The van der Waals surface area contributed by atoms with Gasteiger partial charge in [0.05, 0.1) is 6.04 Å². The fraction of sp³-hybridized carbons (Fsp3) is 0.364. The molecule has 28 heavy (non-hydrogen) atoms. The molecule has 2 saturated heterocycles. The van der Waals surface area contributed by atoms with E-state index in [4.69, 9.17) is 0 Å². The van der Waals surface area contributed by atoms with Crippen LogP contribution in [-0.2, 0) is 17.9 Å². The first-order valence-corrected chi connectivity index (χ1v) is 9.77. The molecule has 6 nitrogen and oxygen atoms in total. The molecule has 6 heteroatoms. The van der Waals surface area contributed by atoms with Crippen molar-refractivity contribution in [2.75, 3.05) is 31.5 Å². The van der Waals surface area contributed by atoms with Gasteiger partial charge < -0.3 is 15.1 Å². The van der Waals surface area contributed by atoms with Crippen molar-refractivity contribution in [3.8, 4) is 0 Å². The van der Waals surface area contributed by atoms with E-state index in [0.717, 1.165) is 38.4 Å². The van der Waals surface area contributed by atoms with Crippen molar-refractivity contribution >= 4 is 17.6 Å². The Morgan fingerprint density at radius 3 is 2.39 bits per heavy atom. The second-order valence-electron chi connectivity index (χ2n) is 7.61. The quantitative estimate of drug-likeness (QED) is 0.870. The molecule has 2 aromatic carbocycles. The third-order valence-corrected chi connectivity index (χ3v) is 5.41. The molecule has 0 aliphatic carbocycles. The molecular weight excluding hydrogens is 352 g/mol. The molecule has 146 valence electrons. The van der Waals surface area contributed by atoms with Gasteiger partial charge in [0.1, 0.15) is 0 Å². The normalized spacial score (nSPS) is 19.6. The average Bonchev–Trinajstić information content (AvgIpc) is 2.99. The van der Waals surface area contributed by atoms with Gasteiger partial charge >= 0.3 is 6.03 Å². The number of rotatable bonds is 5. The molecular formula is C22H26N4O2. The molecule has 2 fully saturated rings. The molecule has 0 unspecified atom stereocenters. The predicted octanol–water partition coefficient (Wildman–Crippen LogP) is 2.77. The van der Waals surface area contributed by atoms with E-state index in [2.05, 4.69) is 34.5 Å². The van der Waals surface area contributed by atoms with Crippen molar-refractivity contribution in [2.24, 2.45) is 0 Å². The summed E-state index contributed by atoms with van der Waals surface area (Å²) >= 11 is 0. The molecule has 0 aromatic heterocycles. The van der Waals surface area contributed by atoms with Crippen LogP contribution in [0.4, 0.5) is 10.5 Å². The molecule has 1 atom stereocenters. The van der Waals surface area contributed by atoms with Crippen LogP contribution in [0.25, 0.3) is 0 Å². The predicted molar refractivity (Wildman–Crippen MR) is 109 cm³/mol. The molecule has 4 rings (SSSR count). The first-order valence-electron chi connectivity index (χ1n) is 9.77. The van der Waals surface area contributed by atoms with Gasteiger partial charge in [-0.1, -0.05) is 42.5 Å². The van der Waals surface area contributed by atoms with Crippen LogP contribution in [-0.4, -0.2) is 58.9 Å². The van der Waals surface area contributed by atoms with Crippen molar-refractivity contribution in [1.82, 2.24) is 14.7 Å². The van der Waals surface area contributed by atoms with E-state index in [1.54, 1.807) is 0 Å². The third kappa shape index (κ3) is 4.17. The van der Waals surface area contributed by atoms with E-state index in [1.807, 2.05) is 40.1 Å². The average molecular weight is 378 g/mol. The summed E-state index contributed by atoms with van der Waals surface area (Å²) in [5, 5.41) is 2.79. The Balaban J connectivity index is 1.34. The Labute approximate surface area is 165 Å². The van der Waals surface area contributed by atoms with Crippen molar-refractivity contribution in [1.29, 1.82) is 0 Å². The zero-order chi connectivity index (χ0) is 19.5. The first kappa shape index (κ1) is 18.5. The maximum Gasteiger partial charge on any atom is 0.320 e. The number of anilines is 1. The molecule has 2 aliphatic rings. The van der Waals surface area contributed by atoms with Gasteiger partial charge in [0.25, 0.3) is 0 Å². The van der Waals surface area contributed by atoms with Crippen molar-refractivity contribution in [2.45, 2.75) is 26.1 Å². The van der Waals surface area contributed by atoms with Gasteiger partial charge in [0, 0.05) is 51.9 Å². The third-order valence-electron chi connectivity index (χ3n) is 5.41. The summed E-state index contributed by atoms with van der Waals surface area (Å²) in [6.07, 6.45) is 0. The molecule has 2 aliphatic heterocycles. The van der Waals surface area contributed by atoms with E-state index >= 15 is 0 Å². The van der Waals surface area contributed by atoms with Gasteiger partial charge in [-0.3, -0.25) is 9.69 Å². The van der Waals surface area contributed by atoms with E-state index in [-0.39, 0.29) is 18.0 Å². The molecule has 2 aromatic rings. The van der Waals surface area contributed by atoms with Crippen molar-refractivity contribution in [3.05, 3.63) is 65.7 Å². The van der Waals surface area contributed by atoms with Crippen LogP contribution >= 0.6 is 0 Å². The Hall–Kier alpha value is -2.86. The number of carbonyl (C=O) groups is 2. The summed E-state index contributed by atoms with van der Waals surface area (Å²) in [6, 6.07) is 18.6. The van der Waals surface area contributed by atoms with Gasteiger partial charge in [0.15, 0.2) is 0 Å². The number of benzene rings is 2. The number of hydrogen-bond donors (Lipinski definition) is 1. The van der Waals surface area contributed by atoms with Crippen LogP contribution in [0.3, 0.4) is 0 Å². The maximum absolute atomic E-state index is 12.7.